The topological polar surface area (TPSA) is 24.8 Å². The van der Waals surface area contributed by atoms with Crippen LogP contribution in [0.25, 0.3) is 0 Å². The summed E-state index contributed by atoms with van der Waals surface area (Å²) >= 11 is 0. The average molecular weight is 234 g/mol. The Kier molecular flexibility index (Phi) is 5.01. The molecule has 0 aliphatic carbocycles. The number of benzene rings is 1. The van der Waals surface area contributed by atoms with Crippen molar-refractivity contribution in [2.75, 3.05) is 20.7 Å². The zero-order valence-corrected chi connectivity index (χ0v) is 11.4. The van der Waals surface area contributed by atoms with E-state index in [4.69, 9.17) is 4.74 Å². The molecule has 0 bridgehead atoms. The first-order valence-corrected chi connectivity index (χ1v) is 6.14. The number of hydrogen-bond acceptors (Lipinski definition) is 3. The van der Waals surface area contributed by atoms with E-state index < -0.39 is 0 Å². The molecule has 1 aromatic rings. The van der Waals surface area contributed by atoms with Crippen molar-refractivity contribution in [2.45, 2.75) is 26.8 Å². The SMILES string of the molecule is CC.COc1ccccc1C1=NCC(C)N1C. The molecule has 1 aliphatic rings. The predicted octanol–water partition coefficient (Wildman–Crippen LogP) is 2.80. The highest BCUT2D eigenvalue weighted by Gasteiger charge is 2.23. The van der Waals surface area contributed by atoms with Crippen LogP contribution < -0.4 is 4.74 Å². The third kappa shape index (κ3) is 2.78. The van der Waals surface area contributed by atoms with Gasteiger partial charge in [0.05, 0.1) is 19.2 Å². The summed E-state index contributed by atoms with van der Waals surface area (Å²) in [6.45, 7) is 7.04. The van der Waals surface area contributed by atoms with Crippen LogP contribution in [-0.4, -0.2) is 37.5 Å². The number of ether oxygens (including phenoxy) is 1. The second-order valence-corrected chi connectivity index (χ2v) is 3.82. The molecule has 0 saturated heterocycles. The maximum Gasteiger partial charge on any atom is 0.134 e. The van der Waals surface area contributed by atoms with Crippen LogP contribution in [0, 0.1) is 0 Å². The number of likely N-dealkylation sites (N-methyl/N-ethyl adjacent to an activating group) is 1. The summed E-state index contributed by atoms with van der Waals surface area (Å²) in [7, 11) is 3.76. The van der Waals surface area contributed by atoms with E-state index in [0.717, 1.165) is 23.7 Å². The third-order valence-corrected chi connectivity index (χ3v) is 2.85. The molecule has 1 unspecified atom stereocenters. The maximum absolute atomic E-state index is 5.33. The van der Waals surface area contributed by atoms with Gasteiger partial charge in [-0.3, -0.25) is 4.99 Å². The van der Waals surface area contributed by atoms with Crippen LogP contribution in [0.3, 0.4) is 0 Å². The molecule has 0 aromatic heterocycles. The van der Waals surface area contributed by atoms with Gasteiger partial charge in [-0.05, 0) is 19.1 Å². The molecule has 0 amide bonds. The molecule has 3 nitrogen and oxygen atoms in total. The highest BCUT2D eigenvalue weighted by atomic mass is 16.5. The largest absolute Gasteiger partial charge is 0.496 e. The standard InChI is InChI=1S/C12H16N2O.C2H6/c1-9-8-13-12(14(9)2)10-6-4-5-7-11(10)15-3;1-2/h4-7,9H,8H2,1-3H3;1-2H3. The molecule has 17 heavy (non-hydrogen) atoms. The highest BCUT2D eigenvalue weighted by molar-refractivity contribution is 6.02. The molecule has 1 aliphatic heterocycles. The van der Waals surface area contributed by atoms with Crippen molar-refractivity contribution in [3.05, 3.63) is 29.8 Å². The zero-order valence-electron chi connectivity index (χ0n) is 11.4. The lowest BCUT2D eigenvalue weighted by molar-refractivity contribution is 0.407. The number of aliphatic imine (C=N–C) groups is 1. The first-order valence-electron chi connectivity index (χ1n) is 6.14. The first-order chi connectivity index (χ1) is 8.24. The number of rotatable bonds is 2. The Morgan fingerprint density at radius 1 is 1.29 bits per heavy atom. The van der Waals surface area contributed by atoms with E-state index in [-0.39, 0.29) is 0 Å². The molecule has 0 spiro atoms. The predicted molar refractivity (Wildman–Crippen MR) is 73.0 cm³/mol. The van der Waals surface area contributed by atoms with Gasteiger partial charge in [0.15, 0.2) is 0 Å². The highest BCUT2D eigenvalue weighted by Crippen LogP contribution is 2.22. The average Bonchev–Trinajstić information content (AvgIpc) is 2.72. The Labute approximate surface area is 104 Å². The zero-order chi connectivity index (χ0) is 12.8. The summed E-state index contributed by atoms with van der Waals surface area (Å²) < 4.78 is 5.33. The lowest BCUT2D eigenvalue weighted by Gasteiger charge is -2.20. The van der Waals surface area contributed by atoms with Crippen molar-refractivity contribution in [3.8, 4) is 5.75 Å². The number of amidine groups is 1. The number of para-hydroxylation sites is 1. The first kappa shape index (κ1) is 13.6. The summed E-state index contributed by atoms with van der Waals surface area (Å²) in [5, 5.41) is 0. The van der Waals surface area contributed by atoms with E-state index in [0.29, 0.717) is 6.04 Å². The van der Waals surface area contributed by atoms with Gasteiger partial charge < -0.3 is 9.64 Å². The van der Waals surface area contributed by atoms with Gasteiger partial charge in [0.1, 0.15) is 11.6 Å². The molecule has 1 aromatic carbocycles. The number of nitrogens with zero attached hydrogens (tertiary/aromatic N) is 2. The molecule has 0 radical (unpaired) electrons. The normalized spacial score (nSPS) is 18.3. The van der Waals surface area contributed by atoms with Gasteiger partial charge in [0.25, 0.3) is 0 Å². The molecule has 1 heterocycles. The fourth-order valence-corrected chi connectivity index (χ4v) is 1.77. The van der Waals surface area contributed by atoms with Gasteiger partial charge in [-0.2, -0.15) is 0 Å². The Hall–Kier alpha value is -1.51. The van der Waals surface area contributed by atoms with Crippen LogP contribution in [0.5, 0.6) is 5.75 Å². The van der Waals surface area contributed by atoms with Crippen molar-refractivity contribution in [1.82, 2.24) is 4.90 Å². The maximum atomic E-state index is 5.33. The molecular formula is C14H22N2O. The van der Waals surface area contributed by atoms with Crippen molar-refractivity contribution >= 4 is 5.84 Å². The molecule has 94 valence electrons. The van der Waals surface area contributed by atoms with E-state index in [1.807, 2.05) is 38.1 Å². The van der Waals surface area contributed by atoms with Gasteiger partial charge in [0, 0.05) is 13.1 Å². The van der Waals surface area contributed by atoms with Crippen LogP contribution >= 0.6 is 0 Å². The van der Waals surface area contributed by atoms with Crippen molar-refractivity contribution < 1.29 is 4.74 Å². The summed E-state index contributed by atoms with van der Waals surface area (Å²) in [6, 6.07) is 8.48. The monoisotopic (exact) mass is 234 g/mol. The van der Waals surface area contributed by atoms with E-state index in [1.54, 1.807) is 7.11 Å². The van der Waals surface area contributed by atoms with E-state index in [1.165, 1.54) is 0 Å². The molecule has 3 heteroatoms. The second-order valence-electron chi connectivity index (χ2n) is 3.82. The van der Waals surface area contributed by atoms with Crippen molar-refractivity contribution in [2.24, 2.45) is 4.99 Å². The minimum atomic E-state index is 0.477. The minimum Gasteiger partial charge on any atom is -0.496 e. The van der Waals surface area contributed by atoms with Gasteiger partial charge in [-0.25, -0.2) is 0 Å². The summed E-state index contributed by atoms with van der Waals surface area (Å²) in [5.74, 6) is 1.91. The van der Waals surface area contributed by atoms with Gasteiger partial charge in [0.2, 0.25) is 0 Å². The van der Waals surface area contributed by atoms with Gasteiger partial charge in [-0.15, -0.1) is 0 Å². The Morgan fingerprint density at radius 3 is 2.47 bits per heavy atom. The molecule has 0 N–H and O–H groups in total. The molecular weight excluding hydrogens is 212 g/mol. The van der Waals surface area contributed by atoms with Gasteiger partial charge in [-0.1, -0.05) is 26.0 Å². The molecule has 1 atom stereocenters. The van der Waals surface area contributed by atoms with Crippen LogP contribution in [0.2, 0.25) is 0 Å². The lowest BCUT2D eigenvalue weighted by atomic mass is 10.1. The van der Waals surface area contributed by atoms with Crippen LogP contribution in [0.4, 0.5) is 0 Å². The molecule has 2 rings (SSSR count). The number of methoxy groups -OCH3 is 1. The number of hydrogen-bond donors (Lipinski definition) is 0. The fraction of sp³-hybridized carbons (Fsp3) is 0.500. The summed E-state index contributed by atoms with van der Waals surface area (Å²) in [6.07, 6.45) is 0. The molecule has 0 saturated carbocycles. The second kappa shape index (κ2) is 6.28. The van der Waals surface area contributed by atoms with Crippen molar-refractivity contribution in [3.63, 3.8) is 0 Å². The van der Waals surface area contributed by atoms with Crippen molar-refractivity contribution in [1.29, 1.82) is 0 Å². The Morgan fingerprint density at radius 2 is 1.94 bits per heavy atom. The lowest BCUT2D eigenvalue weighted by Crippen LogP contribution is -2.31. The quantitative estimate of drug-likeness (QED) is 0.786. The van der Waals surface area contributed by atoms with Crippen LogP contribution in [0.15, 0.2) is 29.3 Å². The third-order valence-electron chi connectivity index (χ3n) is 2.85. The Balaban J connectivity index is 0.000000686. The smallest absolute Gasteiger partial charge is 0.134 e. The Bertz CT molecular complexity index is 388. The summed E-state index contributed by atoms with van der Waals surface area (Å²) in [5.41, 5.74) is 1.08. The minimum absolute atomic E-state index is 0.477. The summed E-state index contributed by atoms with van der Waals surface area (Å²) in [4.78, 5) is 6.73. The van der Waals surface area contributed by atoms with E-state index >= 15 is 0 Å². The van der Waals surface area contributed by atoms with Crippen LogP contribution in [-0.2, 0) is 0 Å². The van der Waals surface area contributed by atoms with E-state index in [9.17, 15) is 0 Å². The van der Waals surface area contributed by atoms with Crippen LogP contribution in [0.1, 0.15) is 26.3 Å². The fourth-order valence-electron chi connectivity index (χ4n) is 1.77. The van der Waals surface area contributed by atoms with E-state index in [2.05, 4.69) is 23.9 Å². The van der Waals surface area contributed by atoms with Gasteiger partial charge >= 0.3 is 0 Å². The molecule has 0 fully saturated rings.